The number of methoxy groups -OCH3 is 1. The van der Waals surface area contributed by atoms with E-state index in [4.69, 9.17) is 14.2 Å². The average Bonchev–Trinajstić information content (AvgIpc) is 3.43. The summed E-state index contributed by atoms with van der Waals surface area (Å²) in [5, 5.41) is 4.06. The Hall–Kier alpha value is -2.37. The van der Waals surface area contributed by atoms with Crippen molar-refractivity contribution in [3.05, 3.63) is 86.5 Å². The summed E-state index contributed by atoms with van der Waals surface area (Å²) in [7, 11) is 1.60. The van der Waals surface area contributed by atoms with Crippen molar-refractivity contribution in [1.29, 1.82) is 0 Å². The summed E-state index contributed by atoms with van der Waals surface area (Å²) in [6.07, 6.45) is 1.57. The van der Waals surface area contributed by atoms with Crippen LogP contribution in [0.1, 0.15) is 26.8 Å². The Labute approximate surface area is 233 Å². The molecule has 0 bridgehead atoms. The van der Waals surface area contributed by atoms with Crippen molar-refractivity contribution >= 4 is 58.2 Å². The summed E-state index contributed by atoms with van der Waals surface area (Å²) in [5.41, 5.74) is 6.85. The first-order valence-electron chi connectivity index (χ1n) is 11.4. The number of hydrazone groups is 1. The summed E-state index contributed by atoms with van der Waals surface area (Å²) in [5.74, 6) is 3.97. The molecular formula is C27H27IN2O4S2. The normalized spacial score (nSPS) is 13.6. The van der Waals surface area contributed by atoms with Gasteiger partial charge in [0.2, 0.25) is 0 Å². The number of nitrogens with one attached hydrogen (secondary N) is 1. The third-order valence-corrected chi connectivity index (χ3v) is 9.21. The Morgan fingerprint density at radius 2 is 1.81 bits per heavy atom. The van der Waals surface area contributed by atoms with Gasteiger partial charge in [0.1, 0.15) is 12.4 Å². The van der Waals surface area contributed by atoms with Gasteiger partial charge in [0.15, 0.2) is 18.1 Å². The number of hydrogen-bond donors (Lipinski definition) is 1. The molecule has 6 nitrogen and oxygen atoms in total. The Bertz CT molecular complexity index is 1200. The topological polar surface area (TPSA) is 69.2 Å². The molecule has 0 aliphatic carbocycles. The number of benzene rings is 3. The van der Waals surface area contributed by atoms with E-state index in [2.05, 4.69) is 64.3 Å². The molecule has 3 aromatic carbocycles. The molecule has 1 heterocycles. The number of carbonyl (C=O) groups excluding carboxylic acids is 1. The highest BCUT2D eigenvalue weighted by molar-refractivity contribution is 14.1. The van der Waals surface area contributed by atoms with E-state index in [1.165, 1.54) is 22.6 Å². The second kappa shape index (κ2) is 13.3. The maximum Gasteiger partial charge on any atom is 0.277 e. The minimum Gasteiger partial charge on any atom is -0.493 e. The molecule has 0 unspecified atom stereocenters. The van der Waals surface area contributed by atoms with Crippen LogP contribution in [0.15, 0.2) is 65.8 Å². The van der Waals surface area contributed by atoms with Crippen molar-refractivity contribution in [3.63, 3.8) is 0 Å². The smallest absolute Gasteiger partial charge is 0.277 e. The van der Waals surface area contributed by atoms with Crippen LogP contribution < -0.4 is 19.6 Å². The Balaban J connectivity index is 1.28. The molecule has 0 aromatic heterocycles. The van der Waals surface area contributed by atoms with E-state index in [0.717, 1.165) is 14.7 Å². The van der Waals surface area contributed by atoms with Gasteiger partial charge in [-0.1, -0.05) is 42.0 Å². The van der Waals surface area contributed by atoms with Crippen molar-refractivity contribution in [3.8, 4) is 17.2 Å². The van der Waals surface area contributed by atoms with Crippen LogP contribution in [-0.4, -0.2) is 37.3 Å². The van der Waals surface area contributed by atoms with Gasteiger partial charge in [-0.3, -0.25) is 4.79 Å². The highest BCUT2D eigenvalue weighted by atomic mass is 127. The molecule has 0 saturated carbocycles. The SMILES string of the molecule is COc1cc(/C=N\NC(=O)COc2ccc(C3SCCS3)cc2)cc(I)c1OCc1ccc(C)cc1. The van der Waals surface area contributed by atoms with Crippen LogP contribution in [0, 0.1) is 10.5 Å². The number of carbonyl (C=O) groups is 1. The molecule has 4 rings (SSSR count). The molecule has 9 heteroatoms. The molecule has 1 N–H and O–H groups in total. The van der Waals surface area contributed by atoms with Crippen molar-refractivity contribution in [2.24, 2.45) is 5.10 Å². The lowest BCUT2D eigenvalue weighted by molar-refractivity contribution is -0.123. The number of hydrogen-bond acceptors (Lipinski definition) is 7. The van der Waals surface area contributed by atoms with Gasteiger partial charge in [-0.2, -0.15) is 5.10 Å². The van der Waals surface area contributed by atoms with Gasteiger partial charge in [0.05, 0.1) is 21.5 Å². The van der Waals surface area contributed by atoms with E-state index in [0.29, 0.717) is 28.4 Å². The number of thioether (sulfide) groups is 2. The monoisotopic (exact) mass is 634 g/mol. The minimum absolute atomic E-state index is 0.115. The predicted octanol–water partition coefficient (Wildman–Crippen LogP) is 6.19. The average molecular weight is 635 g/mol. The van der Waals surface area contributed by atoms with Crippen molar-refractivity contribution in [2.75, 3.05) is 25.2 Å². The molecular weight excluding hydrogens is 607 g/mol. The van der Waals surface area contributed by atoms with Gasteiger partial charge in [0, 0.05) is 11.5 Å². The van der Waals surface area contributed by atoms with E-state index in [1.807, 2.05) is 59.9 Å². The number of ether oxygens (including phenoxy) is 3. The zero-order chi connectivity index (χ0) is 25.3. The maximum absolute atomic E-state index is 12.2. The van der Waals surface area contributed by atoms with Crippen LogP contribution >= 0.6 is 46.1 Å². The van der Waals surface area contributed by atoms with Crippen LogP contribution in [0.4, 0.5) is 0 Å². The van der Waals surface area contributed by atoms with E-state index < -0.39 is 0 Å². The summed E-state index contributed by atoms with van der Waals surface area (Å²) in [6, 6.07) is 19.9. The lowest BCUT2D eigenvalue weighted by Gasteiger charge is -2.13. The van der Waals surface area contributed by atoms with Gasteiger partial charge in [-0.25, -0.2) is 5.43 Å². The van der Waals surface area contributed by atoms with E-state index in [-0.39, 0.29) is 12.5 Å². The summed E-state index contributed by atoms with van der Waals surface area (Å²) < 4.78 is 18.5. The molecule has 1 aliphatic rings. The van der Waals surface area contributed by atoms with Crippen molar-refractivity contribution in [2.45, 2.75) is 18.1 Å². The third-order valence-electron chi connectivity index (χ3n) is 5.30. The van der Waals surface area contributed by atoms with Crippen LogP contribution in [0.25, 0.3) is 0 Å². The zero-order valence-corrected chi connectivity index (χ0v) is 23.8. The molecule has 0 atom stereocenters. The molecule has 0 spiro atoms. The fourth-order valence-electron chi connectivity index (χ4n) is 3.43. The first-order valence-corrected chi connectivity index (χ1v) is 14.5. The molecule has 1 amide bonds. The quantitative estimate of drug-likeness (QED) is 0.163. The minimum atomic E-state index is -0.336. The summed E-state index contributed by atoms with van der Waals surface area (Å²) >= 11 is 6.12. The molecule has 36 heavy (non-hydrogen) atoms. The molecule has 3 aromatic rings. The van der Waals surface area contributed by atoms with Crippen LogP contribution in [0.2, 0.25) is 0 Å². The number of aryl methyl sites for hydroxylation is 1. The largest absolute Gasteiger partial charge is 0.493 e. The molecule has 0 radical (unpaired) electrons. The first-order chi connectivity index (χ1) is 17.5. The van der Waals surface area contributed by atoms with E-state index in [9.17, 15) is 4.79 Å². The van der Waals surface area contributed by atoms with E-state index in [1.54, 1.807) is 13.3 Å². The van der Waals surface area contributed by atoms with Crippen LogP contribution in [-0.2, 0) is 11.4 Å². The number of rotatable bonds is 10. The van der Waals surface area contributed by atoms with Gasteiger partial charge in [-0.05, 0) is 70.5 Å². The Morgan fingerprint density at radius 1 is 1.08 bits per heavy atom. The lowest BCUT2D eigenvalue weighted by Crippen LogP contribution is -2.24. The fraction of sp³-hybridized carbons (Fsp3) is 0.259. The fourth-order valence-corrected chi connectivity index (χ4v) is 7.07. The zero-order valence-electron chi connectivity index (χ0n) is 20.0. The molecule has 188 valence electrons. The number of nitrogens with zero attached hydrogens (tertiary/aromatic N) is 1. The summed E-state index contributed by atoms with van der Waals surface area (Å²) in [6.45, 7) is 2.38. The van der Waals surface area contributed by atoms with Gasteiger partial charge in [0.25, 0.3) is 5.91 Å². The first kappa shape index (κ1) is 26.7. The second-order valence-electron chi connectivity index (χ2n) is 8.03. The Kier molecular flexibility index (Phi) is 9.82. The number of halogens is 1. The van der Waals surface area contributed by atoms with Gasteiger partial charge < -0.3 is 14.2 Å². The van der Waals surface area contributed by atoms with E-state index >= 15 is 0 Å². The van der Waals surface area contributed by atoms with Crippen molar-refractivity contribution in [1.82, 2.24) is 5.43 Å². The molecule has 1 saturated heterocycles. The third kappa shape index (κ3) is 7.57. The molecule has 1 aliphatic heterocycles. The molecule has 1 fully saturated rings. The highest BCUT2D eigenvalue weighted by Crippen LogP contribution is 2.45. The number of amides is 1. The van der Waals surface area contributed by atoms with Crippen LogP contribution in [0.3, 0.4) is 0 Å². The van der Waals surface area contributed by atoms with Crippen LogP contribution in [0.5, 0.6) is 17.2 Å². The van der Waals surface area contributed by atoms with Gasteiger partial charge in [-0.15, -0.1) is 23.5 Å². The highest BCUT2D eigenvalue weighted by Gasteiger charge is 2.18. The van der Waals surface area contributed by atoms with Gasteiger partial charge >= 0.3 is 0 Å². The summed E-state index contributed by atoms with van der Waals surface area (Å²) in [4.78, 5) is 12.2. The Morgan fingerprint density at radius 3 is 2.50 bits per heavy atom. The lowest BCUT2D eigenvalue weighted by atomic mass is 10.2. The predicted molar refractivity (Wildman–Crippen MR) is 157 cm³/mol. The standard InChI is InChI=1S/C27H27IN2O4S2/c1-18-3-5-19(6-4-18)16-34-26-23(28)13-20(14-24(26)32-2)15-29-30-25(31)17-33-22-9-7-21(8-10-22)27-35-11-12-36-27/h3-10,13-15,27H,11-12,16-17H2,1-2H3,(H,30,31)/b29-15-. The van der Waals surface area contributed by atoms with Crippen molar-refractivity contribution < 1.29 is 19.0 Å². The maximum atomic E-state index is 12.2. The second-order valence-corrected chi connectivity index (χ2v) is 11.9.